The van der Waals surface area contributed by atoms with Crippen LogP contribution in [0.15, 0.2) is 33.9 Å². The molecule has 0 aromatic heterocycles. The highest BCUT2D eigenvalue weighted by Crippen LogP contribution is 2.25. The van der Waals surface area contributed by atoms with Crippen LogP contribution in [0.25, 0.3) is 0 Å². The van der Waals surface area contributed by atoms with Crippen molar-refractivity contribution in [2.75, 3.05) is 5.73 Å². The molecule has 0 aliphatic carbocycles. The van der Waals surface area contributed by atoms with Crippen LogP contribution in [0.5, 0.6) is 17.2 Å². The number of hydrogen-bond donors (Lipinski definition) is 2. The van der Waals surface area contributed by atoms with Gasteiger partial charge in [-0.05, 0) is 24.3 Å². The molecule has 2 rings (SSSR count). The quantitative estimate of drug-likeness (QED) is 0.545. The van der Waals surface area contributed by atoms with Gasteiger partial charge in [0.1, 0.15) is 5.75 Å². The standard InChI is InChI=1S/C10H7NO4/c11-5-1-3-6(4-2-5)15-10-8(13)7(12)9(10)14/h1-4,13H,11H2. The molecule has 76 valence electrons. The summed E-state index contributed by atoms with van der Waals surface area (Å²) in [5, 5.41) is 9.02. The summed E-state index contributed by atoms with van der Waals surface area (Å²) in [7, 11) is 0. The van der Waals surface area contributed by atoms with E-state index in [0.717, 1.165) is 0 Å². The van der Waals surface area contributed by atoms with Crippen LogP contribution >= 0.6 is 0 Å². The molecule has 15 heavy (non-hydrogen) atoms. The van der Waals surface area contributed by atoms with E-state index in [0.29, 0.717) is 11.4 Å². The van der Waals surface area contributed by atoms with E-state index in [9.17, 15) is 9.59 Å². The zero-order valence-electron chi connectivity index (χ0n) is 7.56. The summed E-state index contributed by atoms with van der Waals surface area (Å²) < 4.78 is 5.00. The Morgan fingerprint density at radius 1 is 1.07 bits per heavy atom. The predicted octanol–water partition coefficient (Wildman–Crippen LogP) is 0.363. The lowest BCUT2D eigenvalue weighted by Crippen LogP contribution is -2.30. The van der Waals surface area contributed by atoms with Gasteiger partial charge in [-0.2, -0.15) is 0 Å². The average Bonchev–Trinajstić information content (AvgIpc) is 2.27. The lowest BCUT2D eigenvalue weighted by Gasteiger charge is -2.07. The minimum atomic E-state index is -0.916. The van der Waals surface area contributed by atoms with Crippen LogP contribution in [-0.2, 0) is 0 Å². The summed E-state index contributed by atoms with van der Waals surface area (Å²) >= 11 is 0. The molecule has 5 heteroatoms. The molecule has 2 aromatic carbocycles. The van der Waals surface area contributed by atoms with Crippen LogP contribution in [-0.4, -0.2) is 5.11 Å². The SMILES string of the molecule is Nc1ccc(Oc2c(O)c(=O)c2=O)cc1. The van der Waals surface area contributed by atoms with Gasteiger partial charge in [0, 0.05) is 5.69 Å². The molecule has 0 aliphatic rings. The zero-order chi connectivity index (χ0) is 11.0. The molecule has 0 aliphatic heterocycles. The molecular formula is C10H7NO4. The second kappa shape index (κ2) is 3.13. The van der Waals surface area contributed by atoms with Crippen LogP contribution in [0.3, 0.4) is 0 Å². The molecule has 3 N–H and O–H groups in total. The van der Waals surface area contributed by atoms with E-state index in [1.54, 1.807) is 12.1 Å². The van der Waals surface area contributed by atoms with E-state index in [2.05, 4.69) is 0 Å². The van der Waals surface area contributed by atoms with Gasteiger partial charge in [0.2, 0.25) is 11.5 Å². The van der Waals surface area contributed by atoms with Crippen LogP contribution in [0.4, 0.5) is 5.69 Å². The lowest BCUT2D eigenvalue weighted by molar-refractivity contribution is 0.392. The van der Waals surface area contributed by atoms with Gasteiger partial charge >= 0.3 is 0 Å². The summed E-state index contributed by atoms with van der Waals surface area (Å²) in [6.07, 6.45) is 0. The molecule has 0 amide bonds. The number of aromatic hydroxyl groups is 1. The van der Waals surface area contributed by atoms with Gasteiger partial charge in [-0.1, -0.05) is 0 Å². The van der Waals surface area contributed by atoms with Crippen molar-refractivity contribution in [2.45, 2.75) is 0 Å². The fourth-order valence-corrected chi connectivity index (χ4v) is 1.11. The molecule has 0 spiro atoms. The monoisotopic (exact) mass is 205 g/mol. The Morgan fingerprint density at radius 2 is 1.67 bits per heavy atom. The van der Waals surface area contributed by atoms with Crippen LogP contribution in [0, 0.1) is 0 Å². The van der Waals surface area contributed by atoms with Crippen molar-refractivity contribution in [3.05, 3.63) is 44.7 Å². The molecular weight excluding hydrogens is 198 g/mol. The third-order valence-corrected chi connectivity index (χ3v) is 1.94. The van der Waals surface area contributed by atoms with Crippen molar-refractivity contribution < 1.29 is 9.84 Å². The Morgan fingerprint density at radius 3 is 2.20 bits per heavy atom. The maximum Gasteiger partial charge on any atom is 0.276 e. The molecule has 0 saturated heterocycles. The Kier molecular flexibility index (Phi) is 1.93. The first kappa shape index (κ1) is 9.26. The average molecular weight is 205 g/mol. The highest BCUT2D eigenvalue weighted by molar-refractivity contribution is 5.48. The summed E-state index contributed by atoms with van der Waals surface area (Å²) in [6.45, 7) is 0. The highest BCUT2D eigenvalue weighted by atomic mass is 16.5. The van der Waals surface area contributed by atoms with Crippen molar-refractivity contribution in [3.63, 3.8) is 0 Å². The largest absolute Gasteiger partial charge is 0.501 e. The van der Waals surface area contributed by atoms with Gasteiger partial charge in [0.15, 0.2) is 0 Å². The maximum atomic E-state index is 10.9. The Balaban J connectivity index is 2.28. The van der Waals surface area contributed by atoms with Gasteiger partial charge in [-0.25, -0.2) is 0 Å². The highest BCUT2D eigenvalue weighted by Gasteiger charge is 2.22. The topological polar surface area (TPSA) is 89.6 Å². The predicted molar refractivity (Wildman–Crippen MR) is 53.9 cm³/mol. The van der Waals surface area contributed by atoms with Gasteiger partial charge in [-0.15, -0.1) is 0 Å². The second-order valence-corrected chi connectivity index (χ2v) is 3.01. The van der Waals surface area contributed by atoms with E-state index in [4.69, 9.17) is 15.6 Å². The first-order chi connectivity index (χ1) is 7.09. The summed E-state index contributed by atoms with van der Waals surface area (Å²) in [4.78, 5) is 21.6. The van der Waals surface area contributed by atoms with Gasteiger partial charge in [0.25, 0.3) is 10.9 Å². The molecule has 0 heterocycles. The number of nitrogen functional groups attached to an aromatic ring is 1. The van der Waals surface area contributed by atoms with Crippen molar-refractivity contribution in [1.29, 1.82) is 0 Å². The molecule has 0 radical (unpaired) electrons. The number of nitrogens with two attached hydrogens (primary N) is 1. The first-order valence-corrected chi connectivity index (χ1v) is 4.15. The normalized spacial score (nSPS) is 10.4. The van der Waals surface area contributed by atoms with Crippen LogP contribution in [0.2, 0.25) is 0 Å². The molecule has 0 bridgehead atoms. The summed E-state index contributed by atoms with van der Waals surface area (Å²) in [5.74, 6) is -0.604. The van der Waals surface area contributed by atoms with Gasteiger partial charge in [-0.3, -0.25) is 9.59 Å². The molecule has 0 unspecified atom stereocenters. The minimum absolute atomic E-state index is 0.315. The zero-order valence-corrected chi connectivity index (χ0v) is 7.56. The summed E-state index contributed by atoms with van der Waals surface area (Å²) in [6, 6.07) is 6.23. The number of ether oxygens (including phenoxy) is 1. The van der Waals surface area contributed by atoms with Gasteiger partial charge < -0.3 is 15.6 Å². The first-order valence-electron chi connectivity index (χ1n) is 4.15. The third kappa shape index (κ3) is 1.43. The molecule has 0 saturated carbocycles. The molecule has 5 nitrogen and oxygen atoms in total. The number of benzene rings is 1. The van der Waals surface area contributed by atoms with Crippen LogP contribution < -0.4 is 21.3 Å². The van der Waals surface area contributed by atoms with E-state index in [1.165, 1.54) is 12.1 Å². The van der Waals surface area contributed by atoms with E-state index < -0.39 is 16.6 Å². The van der Waals surface area contributed by atoms with Crippen molar-refractivity contribution in [3.8, 4) is 17.2 Å². The molecule has 2 aromatic rings. The second-order valence-electron chi connectivity index (χ2n) is 3.01. The van der Waals surface area contributed by atoms with Crippen molar-refractivity contribution in [2.24, 2.45) is 0 Å². The lowest BCUT2D eigenvalue weighted by atomic mass is 10.2. The number of anilines is 1. The minimum Gasteiger partial charge on any atom is -0.501 e. The van der Waals surface area contributed by atoms with E-state index in [-0.39, 0.29) is 5.75 Å². The van der Waals surface area contributed by atoms with E-state index >= 15 is 0 Å². The fourth-order valence-electron chi connectivity index (χ4n) is 1.11. The Hall–Kier alpha value is -2.30. The Bertz CT molecular complexity index is 564. The van der Waals surface area contributed by atoms with Gasteiger partial charge in [0.05, 0.1) is 0 Å². The van der Waals surface area contributed by atoms with Crippen molar-refractivity contribution in [1.82, 2.24) is 0 Å². The third-order valence-electron chi connectivity index (χ3n) is 1.94. The maximum absolute atomic E-state index is 10.9. The van der Waals surface area contributed by atoms with E-state index in [1.807, 2.05) is 0 Å². The number of rotatable bonds is 2. The summed E-state index contributed by atoms with van der Waals surface area (Å²) in [5.41, 5.74) is 4.26. The Labute approximate surface area is 84.0 Å². The van der Waals surface area contributed by atoms with Crippen LogP contribution in [0.1, 0.15) is 0 Å². The smallest absolute Gasteiger partial charge is 0.276 e. The molecule has 0 atom stereocenters. The van der Waals surface area contributed by atoms with Crippen molar-refractivity contribution >= 4 is 5.69 Å². The number of hydrogen-bond acceptors (Lipinski definition) is 5. The molecule has 0 fully saturated rings. The fraction of sp³-hybridized carbons (Fsp3) is 0.